The highest BCUT2D eigenvalue weighted by Gasteiger charge is 2.29. The molecule has 0 saturated carbocycles. The second kappa shape index (κ2) is 7.81. The molecule has 0 spiro atoms. The fraction of sp³-hybridized carbons (Fsp3) is 0.421. The Morgan fingerprint density at radius 1 is 1.29 bits per heavy atom. The maximum Gasteiger partial charge on any atom is 0.317 e. The molecule has 5 heteroatoms. The fourth-order valence-corrected chi connectivity index (χ4v) is 3.89. The number of carbonyl (C=O) groups excluding carboxylic acids is 1. The number of benzene rings is 1. The first-order valence-corrected chi connectivity index (χ1v) is 9.28. The lowest BCUT2D eigenvalue weighted by atomic mass is 10.1. The number of hydrogen-bond acceptors (Lipinski definition) is 3. The van der Waals surface area contributed by atoms with Gasteiger partial charge in [-0.15, -0.1) is 11.3 Å². The Morgan fingerprint density at radius 2 is 2.08 bits per heavy atom. The summed E-state index contributed by atoms with van der Waals surface area (Å²) in [6.07, 6.45) is 0.835. The first-order chi connectivity index (χ1) is 11.6. The van der Waals surface area contributed by atoms with E-state index in [9.17, 15) is 4.79 Å². The number of urea groups is 1. The van der Waals surface area contributed by atoms with Crippen LogP contribution in [0, 0.1) is 0 Å². The third-order valence-corrected chi connectivity index (χ3v) is 5.07. The molecule has 0 unspecified atom stereocenters. The zero-order chi connectivity index (χ0) is 16.9. The first kappa shape index (κ1) is 17.0. The van der Waals surface area contributed by atoms with Crippen molar-refractivity contribution in [3.8, 4) is 0 Å². The van der Waals surface area contributed by atoms with Crippen molar-refractivity contribution in [3.63, 3.8) is 0 Å². The van der Waals surface area contributed by atoms with Crippen molar-refractivity contribution in [1.29, 1.82) is 0 Å². The largest absolute Gasteiger partial charge is 0.367 e. The molecular weight excluding hydrogens is 320 g/mol. The second-order valence-electron chi connectivity index (χ2n) is 6.39. The molecule has 1 fully saturated rings. The molecule has 1 aliphatic heterocycles. The summed E-state index contributed by atoms with van der Waals surface area (Å²) >= 11 is 1.73. The minimum Gasteiger partial charge on any atom is -0.367 e. The van der Waals surface area contributed by atoms with E-state index >= 15 is 0 Å². The third kappa shape index (κ3) is 4.36. The molecule has 2 amide bonds. The highest BCUT2D eigenvalue weighted by molar-refractivity contribution is 7.09. The number of amides is 2. The first-order valence-electron chi connectivity index (χ1n) is 8.40. The summed E-state index contributed by atoms with van der Waals surface area (Å²) in [6, 6.07) is 14.4. The highest BCUT2D eigenvalue weighted by Crippen LogP contribution is 2.25. The van der Waals surface area contributed by atoms with E-state index in [-0.39, 0.29) is 24.3 Å². The molecule has 128 valence electrons. The van der Waals surface area contributed by atoms with E-state index in [1.807, 2.05) is 36.1 Å². The van der Waals surface area contributed by atoms with Crippen molar-refractivity contribution < 1.29 is 9.53 Å². The van der Waals surface area contributed by atoms with Gasteiger partial charge in [0, 0.05) is 23.9 Å². The van der Waals surface area contributed by atoms with Crippen molar-refractivity contribution in [1.82, 2.24) is 10.2 Å². The second-order valence-corrected chi connectivity index (χ2v) is 7.42. The van der Waals surface area contributed by atoms with E-state index in [2.05, 4.69) is 35.8 Å². The van der Waals surface area contributed by atoms with Crippen LogP contribution in [0.1, 0.15) is 30.4 Å². The maximum absolute atomic E-state index is 12.6. The average Bonchev–Trinajstić information content (AvgIpc) is 3.08. The Bertz CT molecular complexity index is 645. The van der Waals surface area contributed by atoms with E-state index in [1.54, 1.807) is 11.3 Å². The number of hydrogen-bond donors (Lipinski definition) is 1. The van der Waals surface area contributed by atoms with Crippen LogP contribution in [0.25, 0.3) is 0 Å². The highest BCUT2D eigenvalue weighted by atomic mass is 32.1. The molecule has 2 aromatic rings. The van der Waals surface area contributed by atoms with Crippen LogP contribution in [-0.2, 0) is 11.2 Å². The number of nitrogens with one attached hydrogen (secondary N) is 1. The topological polar surface area (TPSA) is 41.6 Å². The molecule has 0 aliphatic carbocycles. The van der Waals surface area contributed by atoms with Crippen molar-refractivity contribution in [2.45, 2.75) is 38.5 Å². The Kier molecular flexibility index (Phi) is 5.53. The average molecular weight is 344 g/mol. The molecule has 1 aliphatic rings. The summed E-state index contributed by atoms with van der Waals surface area (Å²) < 4.78 is 6.02. The number of morpholine rings is 1. The molecule has 4 nitrogen and oxygen atoms in total. The molecule has 0 bridgehead atoms. The molecule has 2 heterocycles. The molecule has 0 radical (unpaired) electrons. The summed E-state index contributed by atoms with van der Waals surface area (Å²) in [5.41, 5.74) is 1.12. The maximum atomic E-state index is 12.6. The molecule has 24 heavy (non-hydrogen) atoms. The van der Waals surface area contributed by atoms with Crippen molar-refractivity contribution >= 4 is 17.4 Å². The van der Waals surface area contributed by atoms with Crippen LogP contribution < -0.4 is 5.32 Å². The molecule has 3 atom stereocenters. The standard InChI is InChI=1S/C19H24N2O2S/c1-14(11-17-9-6-10-24-17)20-19(22)21-12-15(2)23-18(13-21)16-7-4-3-5-8-16/h3-10,14-15,18H,11-13H2,1-2H3,(H,20,22)/t14-,15-,18+/m1/s1. The number of rotatable bonds is 4. The van der Waals surface area contributed by atoms with E-state index < -0.39 is 0 Å². The van der Waals surface area contributed by atoms with Crippen LogP contribution in [0.2, 0.25) is 0 Å². The van der Waals surface area contributed by atoms with Gasteiger partial charge in [0.05, 0.1) is 12.6 Å². The number of carbonyl (C=O) groups is 1. The van der Waals surface area contributed by atoms with Gasteiger partial charge in [0.2, 0.25) is 0 Å². The minimum absolute atomic E-state index is 0.00450. The smallest absolute Gasteiger partial charge is 0.317 e. The molecule has 1 aromatic carbocycles. The SMILES string of the molecule is C[C@H](Cc1cccs1)NC(=O)N1C[C@@H](C)O[C@H](c2ccccc2)C1. The number of ether oxygens (including phenoxy) is 1. The Labute approximate surface area is 147 Å². The predicted molar refractivity (Wildman–Crippen MR) is 97.3 cm³/mol. The van der Waals surface area contributed by atoms with Gasteiger partial charge in [0.1, 0.15) is 6.10 Å². The van der Waals surface area contributed by atoms with Gasteiger partial charge in [-0.25, -0.2) is 4.79 Å². The monoisotopic (exact) mass is 344 g/mol. The van der Waals surface area contributed by atoms with Crippen LogP contribution in [0.5, 0.6) is 0 Å². The molecule has 1 aromatic heterocycles. The summed E-state index contributed by atoms with van der Waals surface area (Å²) in [7, 11) is 0. The summed E-state index contributed by atoms with van der Waals surface area (Å²) in [5, 5.41) is 5.19. The van der Waals surface area contributed by atoms with Crippen LogP contribution in [0.4, 0.5) is 4.79 Å². The van der Waals surface area contributed by atoms with Gasteiger partial charge >= 0.3 is 6.03 Å². The van der Waals surface area contributed by atoms with Gasteiger partial charge < -0.3 is 15.0 Å². The number of nitrogens with zero attached hydrogens (tertiary/aromatic N) is 1. The van der Waals surface area contributed by atoms with E-state index in [4.69, 9.17) is 4.74 Å². The molecule has 1 saturated heterocycles. The van der Waals surface area contributed by atoms with Gasteiger partial charge in [0.25, 0.3) is 0 Å². The van der Waals surface area contributed by atoms with Crippen LogP contribution in [-0.4, -0.2) is 36.2 Å². The van der Waals surface area contributed by atoms with Gasteiger partial charge in [-0.1, -0.05) is 36.4 Å². The minimum atomic E-state index is -0.0618. The molecular formula is C19H24N2O2S. The third-order valence-electron chi connectivity index (χ3n) is 4.18. The van der Waals surface area contributed by atoms with E-state index in [0.717, 1.165) is 12.0 Å². The van der Waals surface area contributed by atoms with Crippen LogP contribution in [0.15, 0.2) is 47.8 Å². The summed E-state index contributed by atoms with van der Waals surface area (Å²) in [6.45, 7) is 5.29. The summed E-state index contributed by atoms with van der Waals surface area (Å²) in [4.78, 5) is 15.8. The van der Waals surface area contributed by atoms with Crippen LogP contribution >= 0.6 is 11.3 Å². The fourth-order valence-electron chi connectivity index (χ4n) is 3.05. The van der Waals surface area contributed by atoms with Gasteiger partial charge in [-0.3, -0.25) is 0 Å². The quantitative estimate of drug-likeness (QED) is 0.915. The van der Waals surface area contributed by atoms with Crippen molar-refractivity contribution in [2.75, 3.05) is 13.1 Å². The Balaban J connectivity index is 1.59. The summed E-state index contributed by atoms with van der Waals surface area (Å²) in [5.74, 6) is 0. The lowest BCUT2D eigenvalue weighted by Crippen LogP contribution is -2.51. The lowest BCUT2D eigenvalue weighted by molar-refractivity contribution is -0.0658. The molecule has 1 N–H and O–H groups in total. The van der Waals surface area contributed by atoms with Gasteiger partial charge in [0.15, 0.2) is 0 Å². The Morgan fingerprint density at radius 3 is 2.79 bits per heavy atom. The van der Waals surface area contributed by atoms with Gasteiger partial charge in [-0.05, 0) is 30.9 Å². The normalized spacial score (nSPS) is 22.2. The molecule has 3 rings (SSSR count). The zero-order valence-electron chi connectivity index (χ0n) is 14.1. The Hall–Kier alpha value is -1.85. The van der Waals surface area contributed by atoms with Crippen molar-refractivity contribution in [3.05, 3.63) is 58.3 Å². The predicted octanol–water partition coefficient (Wildman–Crippen LogP) is 3.85. The number of thiophene rings is 1. The lowest BCUT2D eigenvalue weighted by Gasteiger charge is -2.37. The van der Waals surface area contributed by atoms with Crippen LogP contribution in [0.3, 0.4) is 0 Å². The van der Waals surface area contributed by atoms with Gasteiger partial charge in [-0.2, -0.15) is 0 Å². The van der Waals surface area contributed by atoms with E-state index in [0.29, 0.717) is 13.1 Å². The van der Waals surface area contributed by atoms with E-state index in [1.165, 1.54) is 4.88 Å². The zero-order valence-corrected chi connectivity index (χ0v) is 15.0. The van der Waals surface area contributed by atoms with Crippen molar-refractivity contribution in [2.24, 2.45) is 0 Å².